The number of hydrogen-bond donors (Lipinski definition) is 1. The van der Waals surface area contributed by atoms with Crippen LogP contribution in [-0.2, 0) is 11.3 Å². The standard InChI is InChI=1S/C23H24F2N2O2/c24-15-4-6-21-19(10-15)20-11-16(25)5-7-22(20)27(21)13-17(28)12-26-9-8-18(23(26)29)14-2-1-3-14/h4-7,10-11,14,17-18,28H,1-3,8-9,12-13H2. The zero-order valence-corrected chi connectivity index (χ0v) is 16.2. The third-order valence-electron chi connectivity index (χ3n) is 6.67. The summed E-state index contributed by atoms with van der Waals surface area (Å²) in [6.07, 6.45) is 3.62. The predicted octanol–water partition coefficient (Wildman–Crippen LogP) is 4.08. The average molecular weight is 398 g/mol. The fourth-order valence-corrected chi connectivity index (χ4v) is 4.99. The number of aromatic nitrogens is 1. The van der Waals surface area contributed by atoms with Gasteiger partial charge in [0.2, 0.25) is 5.91 Å². The third-order valence-corrected chi connectivity index (χ3v) is 6.67. The maximum Gasteiger partial charge on any atom is 0.226 e. The van der Waals surface area contributed by atoms with Crippen molar-refractivity contribution in [2.24, 2.45) is 11.8 Å². The molecule has 4 nitrogen and oxygen atoms in total. The summed E-state index contributed by atoms with van der Waals surface area (Å²) in [5.74, 6) is 0.0409. The van der Waals surface area contributed by atoms with Crippen molar-refractivity contribution < 1.29 is 18.7 Å². The molecule has 1 amide bonds. The van der Waals surface area contributed by atoms with Crippen LogP contribution < -0.4 is 0 Å². The van der Waals surface area contributed by atoms with Gasteiger partial charge in [-0.2, -0.15) is 0 Å². The lowest BCUT2D eigenvalue weighted by molar-refractivity contribution is -0.134. The van der Waals surface area contributed by atoms with E-state index >= 15 is 0 Å². The highest BCUT2D eigenvalue weighted by Crippen LogP contribution is 2.39. The number of aliphatic hydroxyl groups excluding tert-OH is 1. The number of fused-ring (bicyclic) bond motifs is 3. The molecule has 2 heterocycles. The van der Waals surface area contributed by atoms with E-state index < -0.39 is 6.10 Å². The predicted molar refractivity (Wildman–Crippen MR) is 107 cm³/mol. The number of nitrogens with zero attached hydrogens (tertiary/aromatic N) is 2. The monoisotopic (exact) mass is 398 g/mol. The molecule has 1 saturated heterocycles. The first kappa shape index (κ1) is 18.6. The van der Waals surface area contributed by atoms with E-state index in [0.717, 1.165) is 30.3 Å². The normalized spacial score (nSPS) is 21.3. The van der Waals surface area contributed by atoms with Crippen molar-refractivity contribution in [3.05, 3.63) is 48.0 Å². The quantitative estimate of drug-likeness (QED) is 0.704. The Morgan fingerprint density at radius 3 is 2.14 bits per heavy atom. The van der Waals surface area contributed by atoms with Crippen LogP contribution in [0.15, 0.2) is 36.4 Å². The highest BCUT2D eigenvalue weighted by Gasteiger charge is 2.39. The smallest absolute Gasteiger partial charge is 0.226 e. The van der Waals surface area contributed by atoms with E-state index in [4.69, 9.17) is 0 Å². The SMILES string of the molecule is O=C1C(C2CCC2)CCN1CC(O)Cn1c2ccc(F)cc2c2cc(F)ccc21. The van der Waals surface area contributed by atoms with Crippen LogP contribution in [0.3, 0.4) is 0 Å². The first-order valence-corrected chi connectivity index (χ1v) is 10.3. The Kier molecular flexibility index (Phi) is 4.54. The van der Waals surface area contributed by atoms with Crippen LogP contribution in [0.25, 0.3) is 21.8 Å². The molecule has 152 valence electrons. The van der Waals surface area contributed by atoms with Gasteiger partial charge in [0.15, 0.2) is 0 Å². The average Bonchev–Trinajstić information content (AvgIpc) is 3.13. The second-order valence-electron chi connectivity index (χ2n) is 8.46. The lowest BCUT2D eigenvalue weighted by atomic mass is 9.75. The second kappa shape index (κ2) is 7.10. The highest BCUT2D eigenvalue weighted by atomic mass is 19.1. The van der Waals surface area contributed by atoms with Crippen molar-refractivity contribution in [1.29, 1.82) is 0 Å². The summed E-state index contributed by atoms with van der Waals surface area (Å²) in [6.45, 7) is 1.24. The van der Waals surface area contributed by atoms with Gasteiger partial charge in [0.05, 0.1) is 12.6 Å². The van der Waals surface area contributed by atoms with Crippen molar-refractivity contribution in [2.45, 2.75) is 38.3 Å². The molecule has 2 unspecified atom stereocenters. The van der Waals surface area contributed by atoms with Crippen LogP contribution in [0, 0.1) is 23.5 Å². The summed E-state index contributed by atoms with van der Waals surface area (Å²) in [5.41, 5.74) is 1.48. The summed E-state index contributed by atoms with van der Waals surface area (Å²) in [5, 5.41) is 12.0. The van der Waals surface area contributed by atoms with Gasteiger partial charge in [-0.05, 0) is 61.6 Å². The lowest BCUT2D eigenvalue weighted by Gasteiger charge is -2.30. The Balaban J connectivity index is 1.40. The first-order chi connectivity index (χ1) is 14.0. The number of aliphatic hydroxyl groups is 1. The molecule has 2 aromatic carbocycles. The Morgan fingerprint density at radius 1 is 0.966 bits per heavy atom. The minimum absolute atomic E-state index is 0.120. The molecule has 1 saturated carbocycles. The number of halogens is 2. The van der Waals surface area contributed by atoms with E-state index in [2.05, 4.69) is 0 Å². The number of rotatable bonds is 5. The minimum Gasteiger partial charge on any atom is -0.389 e. The summed E-state index contributed by atoms with van der Waals surface area (Å²) in [4.78, 5) is 14.5. The fourth-order valence-electron chi connectivity index (χ4n) is 4.99. The summed E-state index contributed by atoms with van der Waals surface area (Å²) >= 11 is 0. The molecule has 1 aliphatic heterocycles. The number of carbonyl (C=O) groups excluding carboxylic acids is 1. The summed E-state index contributed by atoms with van der Waals surface area (Å²) < 4.78 is 29.5. The van der Waals surface area contributed by atoms with Gasteiger partial charge in [-0.3, -0.25) is 4.79 Å². The van der Waals surface area contributed by atoms with E-state index in [-0.39, 0.29) is 36.5 Å². The van der Waals surface area contributed by atoms with E-state index in [1.54, 1.807) is 17.0 Å². The molecule has 1 N–H and O–H groups in total. The van der Waals surface area contributed by atoms with Crippen LogP contribution in [0.2, 0.25) is 0 Å². The zero-order chi connectivity index (χ0) is 20.1. The molecule has 2 fully saturated rings. The van der Waals surface area contributed by atoms with Crippen molar-refractivity contribution in [2.75, 3.05) is 13.1 Å². The maximum atomic E-state index is 13.8. The van der Waals surface area contributed by atoms with Gasteiger partial charge in [0, 0.05) is 40.8 Å². The largest absolute Gasteiger partial charge is 0.389 e. The Bertz CT molecular complexity index is 1030. The fraction of sp³-hybridized carbons (Fsp3) is 0.435. The third kappa shape index (κ3) is 3.19. The van der Waals surface area contributed by atoms with Crippen LogP contribution in [-0.4, -0.2) is 39.7 Å². The molecule has 0 radical (unpaired) electrons. The van der Waals surface area contributed by atoms with E-state index in [9.17, 15) is 18.7 Å². The zero-order valence-electron chi connectivity index (χ0n) is 16.2. The van der Waals surface area contributed by atoms with Crippen molar-refractivity contribution >= 4 is 27.7 Å². The molecule has 6 heteroatoms. The Hall–Kier alpha value is -2.47. The topological polar surface area (TPSA) is 45.5 Å². The van der Waals surface area contributed by atoms with Gasteiger partial charge in [-0.25, -0.2) is 8.78 Å². The van der Waals surface area contributed by atoms with Gasteiger partial charge in [-0.15, -0.1) is 0 Å². The van der Waals surface area contributed by atoms with Crippen LogP contribution in [0.4, 0.5) is 8.78 Å². The minimum atomic E-state index is -0.756. The number of hydrogen-bond acceptors (Lipinski definition) is 2. The molecule has 5 rings (SSSR count). The number of amides is 1. The Morgan fingerprint density at radius 2 is 1.59 bits per heavy atom. The molecule has 1 aliphatic carbocycles. The van der Waals surface area contributed by atoms with Gasteiger partial charge >= 0.3 is 0 Å². The van der Waals surface area contributed by atoms with Gasteiger partial charge in [-0.1, -0.05) is 6.42 Å². The maximum absolute atomic E-state index is 13.8. The Labute approximate surface area is 167 Å². The van der Waals surface area contributed by atoms with Crippen molar-refractivity contribution in [3.8, 4) is 0 Å². The van der Waals surface area contributed by atoms with Gasteiger partial charge in [0.25, 0.3) is 0 Å². The molecule has 3 aromatic rings. The number of β-amino-alcohol motifs (C(OH)–C–C–N with tert-alkyl or cyclic N) is 1. The van der Waals surface area contributed by atoms with Crippen LogP contribution >= 0.6 is 0 Å². The molecule has 0 bridgehead atoms. The van der Waals surface area contributed by atoms with Crippen molar-refractivity contribution in [3.63, 3.8) is 0 Å². The summed E-state index contributed by atoms with van der Waals surface area (Å²) in [6, 6.07) is 8.84. The molecule has 2 atom stereocenters. The molecular weight excluding hydrogens is 374 g/mol. The number of likely N-dealkylation sites (tertiary alicyclic amines) is 1. The van der Waals surface area contributed by atoms with Gasteiger partial charge in [0.1, 0.15) is 11.6 Å². The molecule has 2 aliphatic rings. The first-order valence-electron chi connectivity index (χ1n) is 10.3. The number of carbonyl (C=O) groups is 1. The van der Waals surface area contributed by atoms with E-state index in [1.165, 1.54) is 30.7 Å². The highest BCUT2D eigenvalue weighted by molar-refractivity contribution is 6.08. The van der Waals surface area contributed by atoms with E-state index in [0.29, 0.717) is 23.2 Å². The van der Waals surface area contributed by atoms with Crippen LogP contribution in [0.1, 0.15) is 25.7 Å². The van der Waals surface area contributed by atoms with E-state index in [1.807, 2.05) is 4.57 Å². The number of benzene rings is 2. The molecule has 29 heavy (non-hydrogen) atoms. The lowest BCUT2D eigenvalue weighted by Crippen LogP contribution is -2.38. The second-order valence-corrected chi connectivity index (χ2v) is 8.46. The molecule has 1 aromatic heterocycles. The molecular formula is C23H24F2N2O2. The van der Waals surface area contributed by atoms with Crippen LogP contribution in [0.5, 0.6) is 0 Å². The summed E-state index contributed by atoms with van der Waals surface area (Å²) in [7, 11) is 0. The van der Waals surface area contributed by atoms with Gasteiger partial charge < -0.3 is 14.6 Å². The van der Waals surface area contributed by atoms with Crippen molar-refractivity contribution in [1.82, 2.24) is 9.47 Å². The molecule has 0 spiro atoms.